The highest BCUT2D eigenvalue weighted by molar-refractivity contribution is 5.92. The minimum Gasteiger partial charge on any atom is -0.506 e. The average molecular weight is 604 g/mol. The standard InChI is InChI=1S/C26H41N3O13/c30-12-18-23(38)24(39)25(40)26(42-18)41-13-17(33)22(37)21(36)16(32)11-27-29-20(35)10-4-2-1-3-9-19(34)28-14-7-5-6-8-15(14)31/h5-8,11,16-18,21-26,30-33,36-40H,1-4,9-10,12-13H2,(H,28,34)(H,29,35)/b27-11+/t16-,17+,18+,21+,22+,23-,24-,25+,26-/m0/s1. The van der Waals surface area contributed by atoms with E-state index in [0.717, 1.165) is 6.21 Å². The molecule has 1 aromatic rings. The number of aliphatic hydroxyl groups is 8. The fourth-order valence-electron chi connectivity index (χ4n) is 3.97. The third-order valence-corrected chi connectivity index (χ3v) is 6.53. The molecule has 2 rings (SSSR count). The monoisotopic (exact) mass is 603 g/mol. The summed E-state index contributed by atoms with van der Waals surface area (Å²) in [5.74, 6) is -0.725. The Bertz CT molecular complexity index is 998. The number of carbonyl (C=O) groups excluding carboxylic acids is 2. The van der Waals surface area contributed by atoms with Crippen molar-refractivity contribution >= 4 is 23.7 Å². The lowest BCUT2D eigenvalue weighted by atomic mass is 9.99. The van der Waals surface area contributed by atoms with Gasteiger partial charge >= 0.3 is 0 Å². The molecule has 0 aromatic heterocycles. The lowest BCUT2D eigenvalue weighted by molar-refractivity contribution is -0.306. The number of phenolic OH excluding ortho intramolecular Hbond substituents is 1. The predicted octanol–water partition coefficient (Wildman–Crippen LogP) is -2.97. The van der Waals surface area contributed by atoms with E-state index in [1.165, 1.54) is 6.07 Å². The first-order valence-electron chi connectivity index (χ1n) is 13.5. The molecule has 1 saturated heterocycles. The number of hydrazone groups is 1. The Morgan fingerprint density at radius 2 is 1.57 bits per heavy atom. The number of para-hydroxylation sites is 2. The molecule has 16 nitrogen and oxygen atoms in total. The zero-order valence-electron chi connectivity index (χ0n) is 22.8. The van der Waals surface area contributed by atoms with Gasteiger partial charge in [0.15, 0.2) is 6.29 Å². The largest absolute Gasteiger partial charge is 0.506 e. The highest BCUT2D eigenvalue weighted by Gasteiger charge is 2.44. The van der Waals surface area contributed by atoms with E-state index in [-0.39, 0.29) is 24.5 Å². The van der Waals surface area contributed by atoms with Crippen LogP contribution >= 0.6 is 0 Å². The van der Waals surface area contributed by atoms with E-state index in [1.807, 2.05) is 0 Å². The number of ether oxygens (including phenoxy) is 2. The first-order valence-corrected chi connectivity index (χ1v) is 13.5. The number of rotatable bonds is 17. The van der Waals surface area contributed by atoms with Crippen molar-refractivity contribution in [1.82, 2.24) is 5.43 Å². The molecule has 0 aliphatic carbocycles. The highest BCUT2D eigenvalue weighted by Crippen LogP contribution is 2.23. The Morgan fingerprint density at radius 1 is 0.929 bits per heavy atom. The zero-order valence-corrected chi connectivity index (χ0v) is 22.8. The fourth-order valence-corrected chi connectivity index (χ4v) is 3.97. The third kappa shape index (κ3) is 11.1. The molecular formula is C26H41N3O13. The molecule has 2 amide bonds. The summed E-state index contributed by atoms with van der Waals surface area (Å²) in [4.78, 5) is 23.9. The third-order valence-electron chi connectivity index (χ3n) is 6.53. The number of aliphatic hydroxyl groups excluding tert-OH is 8. The summed E-state index contributed by atoms with van der Waals surface area (Å²) in [6.07, 6.45) is -11.8. The Kier molecular flexibility index (Phi) is 15.2. The number of hydrogen-bond donors (Lipinski definition) is 11. The van der Waals surface area contributed by atoms with Gasteiger partial charge in [-0.1, -0.05) is 25.0 Å². The summed E-state index contributed by atoms with van der Waals surface area (Å²) in [6.45, 7) is -1.43. The van der Waals surface area contributed by atoms with Crippen molar-refractivity contribution in [3.05, 3.63) is 24.3 Å². The molecule has 0 bridgehead atoms. The maximum absolute atomic E-state index is 11.9. The average Bonchev–Trinajstić information content (AvgIpc) is 2.97. The van der Waals surface area contributed by atoms with Gasteiger partial charge in [0.05, 0.1) is 25.1 Å². The van der Waals surface area contributed by atoms with Gasteiger partial charge in [-0.25, -0.2) is 5.43 Å². The van der Waals surface area contributed by atoms with Crippen molar-refractivity contribution in [2.24, 2.45) is 5.10 Å². The van der Waals surface area contributed by atoms with Crippen LogP contribution in [0.1, 0.15) is 38.5 Å². The molecule has 1 fully saturated rings. The molecule has 9 atom stereocenters. The topological polar surface area (TPSA) is 271 Å². The molecule has 1 aromatic carbocycles. The number of nitrogens with zero attached hydrogens (tertiary/aromatic N) is 1. The Morgan fingerprint density at radius 3 is 2.21 bits per heavy atom. The van der Waals surface area contributed by atoms with Crippen molar-refractivity contribution < 1.29 is 65.0 Å². The summed E-state index contributed by atoms with van der Waals surface area (Å²) in [5.41, 5.74) is 2.50. The molecular weight excluding hydrogens is 562 g/mol. The van der Waals surface area contributed by atoms with E-state index in [0.29, 0.717) is 31.4 Å². The van der Waals surface area contributed by atoms with Crippen LogP contribution < -0.4 is 10.7 Å². The first kappa shape index (κ1) is 35.4. The van der Waals surface area contributed by atoms with Gasteiger partial charge in [-0.05, 0) is 25.0 Å². The number of hydrogen-bond acceptors (Lipinski definition) is 14. The first-order chi connectivity index (χ1) is 20.0. The van der Waals surface area contributed by atoms with Crippen molar-refractivity contribution in [1.29, 1.82) is 0 Å². The van der Waals surface area contributed by atoms with Crippen LogP contribution in [0.15, 0.2) is 29.4 Å². The lowest BCUT2D eigenvalue weighted by Crippen LogP contribution is -2.59. The molecule has 0 radical (unpaired) electrons. The van der Waals surface area contributed by atoms with Gasteiger partial charge in [-0.2, -0.15) is 5.10 Å². The molecule has 0 spiro atoms. The second-order valence-electron chi connectivity index (χ2n) is 9.86. The maximum Gasteiger partial charge on any atom is 0.240 e. The predicted molar refractivity (Wildman–Crippen MR) is 145 cm³/mol. The van der Waals surface area contributed by atoms with Gasteiger partial charge in [0.25, 0.3) is 0 Å². The number of nitrogens with one attached hydrogen (secondary N) is 2. The Hall–Kier alpha value is -2.77. The quantitative estimate of drug-likeness (QED) is 0.0368. The van der Waals surface area contributed by atoms with Gasteiger partial charge in [0.1, 0.15) is 54.6 Å². The smallest absolute Gasteiger partial charge is 0.240 e. The summed E-state index contributed by atoms with van der Waals surface area (Å²) in [7, 11) is 0. The number of anilines is 1. The van der Waals surface area contributed by atoms with Crippen molar-refractivity contribution in [2.45, 2.75) is 93.6 Å². The molecule has 238 valence electrons. The van der Waals surface area contributed by atoms with E-state index in [1.54, 1.807) is 18.2 Å². The molecule has 0 unspecified atom stereocenters. The number of unbranched alkanes of at least 4 members (excludes halogenated alkanes) is 3. The minimum absolute atomic E-state index is 0.0185. The van der Waals surface area contributed by atoms with Crippen LogP contribution in [0.3, 0.4) is 0 Å². The highest BCUT2D eigenvalue weighted by atomic mass is 16.7. The van der Waals surface area contributed by atoms with Crippen molar-refractivity contribution in [3.8, 4) is 5.75 Å². The van der Waals surface area contributed by atoms with Gasteiger partial charge in [-0.15, -0.1) is 0 Å². The summed E-state index contributed by atoms with van der Waals surface area (Å²) < 4.78 is 10.2. The molecule has 16 heteroatoms. The van der Waals surface area contributed by atoms with Gasteiger partial charge in [0, 0.05) is 12.8 Å². The molecule has 1 aliphatic rings. The number of benzene rings is 1. The molecule has 1 heterocycles. The second-order valence-corrected chi connectivity index (χ2v) is 9.86. The Balaban J connectivity index is 1.61. The number of carbonyl (C=O) groups is 2. The summed E-state index contributed by atoms with van der Waals surface area (Å²) in [5, 5.41) is 94.7. The van der Waals surface area contributed by atoms with Crippen molar-refractivity contribution in [3.63, 3.8) is 0 Å². The molecule has 42 heavy (non-hydrogen) atoms. The van der Waals surface area contributed by atoms with Gasteiger partial charge in [0.2, 0.25) is 11.8 Å². The fraction of sp³-hybridized carbons (Fsp3) is 0.654. The van der Waals surface area contributed by atoms with Crippen molar-refractivity contribution in [2.75, 3.05) is 18.5 Å². The minimum atomic E-state index is -1.97. The van der Waals surface area contributed by atoms with E-state index in [9.17, 15) is 55.5 Å². The normalized spacial score (nSPS) is 25.5. The zero-order chi connectivity index (χ0) is 31.2. The van der Waals surface area contributed by atoms with E-state index < -0.39 is 74.2 Å². The van der Waals surface area contributed by atoms with Crippen LogP contribution in [-0.2, 0) is 19.1 Å². The summed E-state index contributed by atoms with van der Waals surface area (Å²) in [6, 6.07) is 6.39. The van der Waals surface area contributed by atoms with Crippen LogP contribution in [0.25, 0.3) is 0 Å². The van der Waals surface area contributed by atoms with Crippen LogP contribution in [0.4, 0.5) is 5.69 Å². The van der Waals surface area contributed by atoms with E-state index >= 15 is 0 Å². The second kappa shape index (κ2) is 18.0. The van der Waals surface area contributed by atoms with Crippen LogP contribution in [0.2, 0.25) is 0 Å². The van der Waals surface area contributed by atoms with Crippen LogP contribution in [0.5, 0.6) is 5.75 Å². The Labute approximate surface area is 241 Å². The van der Waals surface area contributed by atoms with Crippen LogP contribution in [0, 0.1) is 0 Å². The molecule has 0 saturated carbocycles. The number of aromatic hydroxyl groups is 1. The maximum atomic E-state index is 11.9. The van der Waals surface area contributed by atoms with Gasteiger partial charge in [-0.3, -0.25) is 9.59 Å². The summed E-state index contributed by atoms with van der Waals surface area (Å²) >= 11 is 0. The van der Waals surface area contributed by atoms with E-state index in [4.69, 9.17) is 9.47 Å². The molecule has 1 aliphatic heterocycles. The van der Waals surface area contributed by atoms with Crippen LogP contribution in [-0.4, -0.2) is 132 Å². The number of amides is 2. The lowest BCUT2D eigenvalue weighted by Gasteiger charge is -2.40. The SMILES string of the molecule is O=C(CCCCCCC(=O)Nc1ccccc1O)N/N=C/[C@H](O)[C@@H](O)[C@H](O)[C@H](O)CO[C@H]1O[C@H](CO)[C@H](O)[C@H](O)[C@H]1O. The van der Waals surface area contributed by atoms with E-state index in [2.05, 4.69) is 15.8 Å². The molecule has 11 N–H and O–H groups in total. The number of phenols is 1. The van der Waals surface area contributed by atoms with Gasteiger partial charge < -0.3 is 60.7 Å².